The number of aliphatic imine (C=N–C) groups is 1. The summed E-state index contributed by atoms with van der Waals surface area (Å²) in [5.74, 6) is -1.15. The zero-order valence-electron chi connectivity index (χ0n) is 15.1. The Morgan fingerprint density at radius 3 is 2.50 bits per heavy atom. The van der Waals surface area contributed by atoms with Gasteiger partial charge in [-0.3, -0.25) is 0 Å². The Bertz CT molecular complexity index is 733. The Kier molecular flexibility index (Phi) is 7.09. The van der Waals surface area contributed by atoms with Gasteiger partial charge in [0, 0.05) is 13.1 Å². The van der Waals surface area contributed by atoms with E-state index in [0.717, 1.165) is 11.6 Å². The quantitative estimate of drug-likeness (QED) is 0.525. The van der Waals surface area contributed by atoms with Gasteiger partial charge in [0.2, 0.25) is 0 Å². The summed E-state index contributed by atoms with van der Waals surface area (Å²) >= 11 is 0. The lowest BCUT2D eigenvalue weighted by Gasteiger charge is -2.22. The Hall–Kier alpha value is -2.47. The lowest BCUT2D eigenvalue weighted by atomic mass is 9.96. The van der Waals surface area contributed by atoms with Gasteiger partial charge in [0.15, 0.2) is 17.6 Å². The van der Waals surface area contributed by atoms with Gasteiger partial charge >= 0.3 is 0 Å². The van der Waals surface area contributed by atoms with E-state index in [4.69, 9.17) is 0 Å². The van der Waals surface area contributed by atoms with Crippen molar-refractivity contribution in [3.63, 3.8) is 0 Å². The molecule has 0 saturated carbocycles. The van der Waals surface area contributed by atoms with E-state index in [1.807, 2.05) is 37.3 Å². The largest absolute Gasteiger partial charge is 0.384 e. The molecule has 0 amide bonds. The standard InChI is InChI=1S/C20H25F2N3O/c1-3-23-19(24-13-12-15-8-7-11-17(21)18(15)22)25-14-20(2,26)16-9-5-4-6-10-16/h4-11,26H,3,12-14H2,1-2H3,(H2,23,24,25). The van der Waals surface area contributed by atoms with E-state index in [9.17, 15) is 13.9 Å². The van der Waals surface area contributed by atoms with E-state index in [0.29, 0.717) is 31.0 Å². The molecule has 1 unspecified atom stereocenters. The Morgan fingerprint density at radius 2 is 1.81 bits per heavy atom. The Morgan fingerprint density at radius 1 is 1.08 bits per heavy atom. The number of halogens is 2. The number of hydrogen-bond acceptors (Lipinski definition) is 2. The molecular formula is C20H25F2N3O. The SMILES string of the molecule is CCNC(=NCC(C)(O)c1ccccc1)NCCc1cccc(F)c1F. The first kappa shape index (κ1) is 19.8. The molecule has 0 aliphatic rings. The number of nitrogens with zero attached hydrogens (tertiary/aromatic N) is 1. The first-order chi connectivity index (χ1) is 12.4. The van der Waals surface area contributed by atoms with Gasteiger partial charge in [-0.05, 0) is 37.5 Å². The molecule has 1 atom stereocenters. The van der Waals surface area contributed by atoms with Crippen molar-refractivity contribution in [2.24, 2.45) is 4.99 Å². The summed E-state index contributed by atoms with van der Waals surface area (Å²) in [5.41, 5.74) is -0.00999. The van der Waals surface area contributed by atoms with Crippen LogP contribution in [0.2, 0.25) is 0 Å². The Balaban J connectivity index is 1.97. The van der Waals surface area contributed by atoms with Crippen LogP contribution in [0.15, 0.2) is 53.5 Å². The highest BCUT2D eigenvalue weighted by Gasteiger charge is 2.22. The maximum atomic E-state index is 13.7. The second-order valence-electron chi connectivity index (χ2n) is 6.22. The molecule has 0 bridgehead atoms. The molecule has 0 spiro atoms. The minimum Gasteiger partial charge on any atom is -0.384 e. The summed E-state index contributed by atoms with van der Waals surface area (Å²) in [6.07, 6.45) is 0.323. The summed E-state index contributed by atoms with van der Waals surface area (Å²) in [5, 5.41) is 16.8. The van der Waals surface area contributed by atoms with Crippen molar-refractivity contribution >= 4 is 5.96 Å². The van der Waals surface area contributed by atoms with Gasteiger partial charge in [-0.25, -0.2) is 13.8 Å². The minimum atomic E-state index is -1.10. The van der Waals surface area contributed by atoms with Crippen LogP contribution in [-0.2, 0) is 12.0 Å². The fourth-order valence-corrected chi connectivity index (χ4v) is 2.52. The van der Waals surface area contributed by atoms with Crippen molar-refractivity contribution in [2.45, 2.75) is 25.9 Å². The molecule has 0 saturated heterocycles. The average Bonchev–Trinajstić information content (AvgIpc) is 2.64. The molecule has 2 aromatic rings. The minimum absolute atomic E-state index is 0.167. The summed E-state index contributed by atoms with van der Waals surface area (Å²) in [7, 11) is 0. The van der Waals surface area contributed by atoms with E-state index >= 15 is 0 Å². The zero-order chi connectivity index (χ0) is 19.0. The summed E-state index contributed by atoms with van der Waals surface area (Å²) in [4.78, 5) is 4.41. The molecule has 2 aromatic carbocycles. The van der Waals surface area contributed by atoms with Gasteiger partial charge in [0.05, 0.1) is 6.54 Å². The van der Waals surface area contributed by atoms with Crippen LogP contribution in [0.5, 0.6) is 0 Å². The van der Waals surface area contributed by atoms with E-state index < -0.39 is 17.2 Å². The van der Waals surface area contributed by atoms with E-state index in [2.05, 4.69) is 15.6 Å². The predicted octanol–water partition coefficient (Wildman–Crippen LogP) is 2.97. The number of benzene rings is 2. The highest BCUT2D eigenvalue weighted by atomic mass is 19.2. The molecule has 2 rings (SSSR count). The van der Waals surface area contributed by atoms with Crippen molar-refractivity contribution in [2.75, 3.05) is 19.6 Å². The molecule has 6 heteroatoms. The second-order valence-corrected chi connectivity index (χ2v) is 6.22. The molecule has 0 aliphatic carbocycles. The monoisotopic (exact) mass is 361 g/mol. The van der Waals surface area contributed by atoms with E-state index in [1.54, 1.807) is 13.0 Å². The average molecular weight is 361 g/mol. The molecular weight excluding hydrogens is 336 g/mol. The third-order valence-corrected chi connectivity index (χ3v) is 4.00. The Labute approximate surface area is 153 Å². The highest BCUT2D eigenvalue weighted by Crippen LogP contribution is 2.20. The van der Waals surface area contributed by atoms with Crippen molar-refractivity contribution in [3.8, 4) is 0 Å². The molecule has 0 aromatic heterocycles. The van der Waals surface area contributed by atoms with Gasteiger partial charge in [-0.2, -0.15) is 0 Å². The summed E-state index contributed by atoms with van der Waals surface area (Å²) in [6, 6.07) is 13.5. The molecule has 0 fully saturated rings. The topological polar surface area (TPSA) is 56.7 Å². The maximum Gasteiger partial charge on any atom is 0.191 e. The molecule has 0 heterocycles. The predicted molar refractivity (Wildman–Crippen MR) is 100 cm³/mol. The number of guanidine groups is 1. The van der Waals surface area contributed by atoms with Gasteiger partial charge in [0.25, 0.3) is 0 Å². The molecule has 3 N–H and O–H groups in total. The lowest BCUT2D eigenvalue weighted by Crippen LogP contribution is -2.39. The zero-order valence-corrected chi connectivity index (χ0v) is 15.1. The van der Waals surface area contributed by atoms with Gasteiger partial charge in [0.1, 0.15) is 5.60 Å². The van der Waals surface area contributed by atoms with Gasteiger partial charge < -0.3 is 15.7 Å². The smallest absolute Gasteiger partial charge is 0.191 e. The fourth-order valence-electron chi connectivity index (χ4n) is 2.52. The van der Waals surface area contributed by atoms with Crippen LogP contribution in [0.3, 0.4) is 0 Å². The lowest BCUT2D eigenvalue weighted by molar-refractivity contribution is 0.0672. The van der Waals surface area contributed by atoms with Crippen molar-refractivity contribution in [3.05, 3.63) is 71.3 Å². The number of aliphatic hydroxyl groups is 1. The fraction of sp³-hybridized carbons (Fsp3) is 0.350. The van der Waals surface area contributed by atoms with Crippen molar-refractivity contribution in [1.29, 1.82) is 0 Å². The molecule has 26 heavy (non-hydrogen) atoms. The van der Waals surface area contributed by atoms with E-state index in [1.165, 1.54) is 6.07 Å². The first-order valence-electron chi connectivity index (χ1n) is 8.67. The summed E-state index contributed by atoms with van der Waals surface area (Å²) < 4.78 is 26.9. The maximum absolute atomic E-state index is 13.7. The molecule has 140 valence electrons. The van der Waals surface area contributed by atoms with Crippen LogP contribution in [0.4, 0.5) is 8.78 Å². The highest BCUT2D eigenvalue weighted by molar-refractivity contribution is 5.79. The second kappa shape index (κ2) is 9.29. The third-order valence-electron chi connectivity index (χ3n) is 4.00. The molecule has 4 nitrogen and oxygen atoms in total. The van der Waals surface area contributed by atoms with E-state index in [-0.39, 0.29) is 6.54 Å². The van der Waals surface area contributed by atoms with Gasteiger partial charge in [-0.1, -0.05) is 42.5 Å². The van der Waals surface area contributed by atoms with Crippen LogP contribution in [-0.4, -0.2) is 30.7 Å². The van der Waals surface area contributed by atoms with Gasteiger partial charge in [-0.15, -0.1) is 0 Å². The van der Waals surface area contributed by atoms with Crippen LogP contribution in [0.1, 0.15) is 25.0 Å². The molecule has 0 radical (unpaired) electrons. The molecule has 0 aliphatic heterocycles. The normalized spacial score (nSPS) is 14.0. The van der Waals surface area contributed by atoms with Crippen molar-refractivity contribution in [1.82, 2.24) is 10.6 Å². The number of hydrogen-bond donors (Lipinski definition) is 3. The van der Waals surface area contributed by atoms with Crippen LogP contribution < -0.4 is 10.6 Å². The van der Waals surface area contributed by atoms with Crippen LogP contribution in [0.25, 0.3) is 0 Å². The van der Waals surface area contributed by atoms with Crippen molar-refractivity contribution < 1.29 is 13.9 Å². The van der Waals surface area contributed by atoms with Crippen LogP contribution >= 0.6 is 0 Å². The number of nitrogens with one attached hydrogen (secondary N) is 2. The first-order valence-corrected chi connectivity index (χ1v) is 8.67. The third kappa shape index (κ3) is 5.52. The summed E-state index contributed by atoms with van der Waals surface area (Å²) in [6.45, 7) is 4.84. The van der Waals surface area contributed by atoms with Crippen LogP contribution in [0, 0.1) is 11.6 Å². The number of rotatable bonds is 7.